The molecule has 0 unspecified atom stereocenters. The van der Waals surface area contributed by atoms with Gasteiger partial charge in [-0.3, -0.25) is 15.0 Å². The Morgan fingerprint density at radius 1 is 1.00 bits per heavy atom. The van der Waals surface area contributed by atoms with Gasteiger partial charge in [-0.15, -0.1) is 0 Å². The molecule has 2 heterocycles. The van der Waals surface area contributed by atoms with Crippen LogP contribution in [0.2, 0.25) is 0 Å². The number of urea groups is 1. The van der Waals surface area contributed by atoms with E-state index in [0.717, 1.165) is 5.56 Å². The van der Waals surface area contributed by atoms with Crippen molar-refractivity contribution in [2.75, 3.05) is 11.4 Å². The van der Waals surface area contributed by atoms with Gasteiger partial charge in [0.15, 0.2) is 5.82 Å². The lowest BCUT2D eigenvalue weighted by Crippen LogP contribution is -2.27. The molecule has 0 atom stereocenters. The van der Waals surface area contributed by atoms with Crippen molar-refractivity contribution in [2.24, 2.45) is 0 Å². The van der Waals surface area contributed by atoms with E-state index in [9.17, 15) is 14.0 Å². The molecule has 3 aromatic rings. The third kappa shape index (κ3) is 2.81. The molecular formula is C18H14FN5O2. The number of nitrogens with one attached hydrogen (secondary N) is 1. The number of anilines is 1. The van der Waals surface area contributed by atoms with E-state index in [1.165, 1.54) is 17.0 Å². The van der Waals surface area contributed by atoms with Gasteiger partial charge in [-0.1, -0.05) is 0 Å². The fourth-order valence-corrected chi connectivity index (χ4v) is 2.80. The highest BCUT2D eigenvalue weighted by Crippen LogP contribution is 2.25. The second kappa shape index (κ2) is 6.07. The Hall–Kier alpha value is -3.55. The summed E-state index contributed by atoms with van der Waals surface area (Å²) >= 11 is 0. The average Bonchev–Trinajstić information content (AvgIpc) is 3.18. The van der Waals surface area contributed by atoms with Gasteiger partial charge in [-0.2, -0.15) is 5.10 Å². The van der Waals surface area contributed by atoms with Crippen molar-refractivity contribution in [1.29, 1.82) is 0 Å². The summed E-state index contributed by atoms with van der Waals surface area (Å²) in [5, 5.41) is 6.61. The van der Waals surface area contributed by atoms with Crippen molar-refractivity contribution in [3.8, 4) is 17.1 Å². The van der Waals surface area contributed by atoms with Gasteiger partial charge in [-0.25, -0.2) is 18.9 Å². The summed E-state index contributed by atoms with van der Waals surface area (Å²) in [6.45, 7) is 1.78. The lowest BCUT2D eigenvalue weighted by atomic mass is 10.2. The van der Waals surface area contributed by atoms with Crippen LogP contribution in [0.15, 0.2) is 48.5 Å². The first kappa shape index (κ1) is 15.9. The zero-order valence-electron chi connectivity index (χ0n) is 13.8. The molecule has 1 aliphatic heterocycles. The highest BCUT2D eigenvalue weighted by atomic mass is 19.1. The van der Waals surface area contributed by atoms with Crippen molar-refractivity contribution >= 4 is 17.6 Å². The van der Waals surface area contributed by atoms with Gasteiger partial charge in [-0.05, 0) is 55.5 Å². The summed E-state index contributed by atoms with van der Waals surface area (Å²) in [6.07, 6.45) is 0. The number of halogens is 1. The van der Waals surface area contributed by atoms with E-state index in [4.69, 9.17) is 0 Å². The predicted molar refractivity (Wildman–Crippen MR) is 92.4 cm³/mol. The Bertz CT molecular complexity index is 995. The van der Waals surface area contributed by atoms with Gasteiger partial charge in [0.05, 0.1) is 5.69 Å². The van der Waals surface area contributed by atoms with Crippen molar-refractivity contribution in [3.63, 3.8) is 0 Å². The minimum atomic E-state index is -0.437. The topological polar surface area (TPSA) is 80.1 Å². The molecule has 0 radical (unpaired) electrons. The number of imide groups is 1. The van der Waals surface area contributed by atoms with E-state index in [1.54, 1.807) is 48.0 Å². The number of hydrogen-bond donors (Lipinski definition) is 1. The highest BCUT2D eigenvalue weighted by molar-refractivity contribution is 6.12. The molecule has 1 aromatic heterocycles. The van der Waals surface area contributed by atoms with Gasteiger partial charge < -0.3 is 0 Å². The maximum absolute atomic E-state index is 13.2. The Labute approximate surface area is 148 Å². The van der Waals surface area contributed by atoms with Crippen molar-refractivity contribution < 1.29 is 14.0 Å². The van der Waals surface area contributed by atoms with Gasteiger partial charge >= 0.3 is 6.03 Å². The predicted octanol–water partition coefficient (Wildman–Crippen LogP) is 2.44. The van der Waals surface area contributed by atoms with E-state index in [2.05, 4.69) is 15.4 Å². The van der Waals surface area contributed by atoms with Crippen LogP contribution in [-0.4, -0.2) is 33.2 Å². The zero-order valence-corrected chi connectivity index (χ0v) is 13.8. The van der Waals surface area contributed by atoms with Crippen molar-refractivity contribution in [1.82, 2.24) is 20.1 Å². The first-order chi connectivity index (χ1) is 12.5. The molecular weight excluding hydrogens is 337 g/mol. The summed E-state index contributed by atoms with van der Waals surface area (Å²) in [5.41, 5.74) is 2.09. The monoisotopic (exact) mass is 351 g/mol. The van der Waals surface area contributed by atoms with Gasteiger partial charge in [0.25, 0.3) is 0 Å². The SMILES string of the molecule is Cc1nc(-c2ccc(N3CC(=O)NC3=O)cc2)n(-c2ccc(F)cc2)n1. The molecule has 1 N–H and O–H groups in total. The van der Waals surface area contributed by atoms with Crippen LogP contribution in [0.5, 0.6) is 0 Å². The quantitative estimate of drug-likeness (QED) is 0.735. The molecule has 1 fully saturated rings. The second-order valence-corrected chi connectivity index (χ2v) is 5.86. The standard InChI is InChI=1S/C18H14FN5O2/c1-11-20-17(24(22-11)15-8-4-13(19)5-9-15)12-2-6-14(7-3-12)23-10-16(25)21-18(23)26/h2-9H,10H2,1H3,(H,21,25,26). The highest BCUT2D eigenvalue weighted by Gasteiger charge is 2.27. The molecule has 130 valence electrons. The molecule has 26 heavy (non-hydrogen) atoms. The number of rotatable bonds is 3. The summed E-state index contributed by atoms with van der Waals surface area (Å²) in [7, 11) is 0. The van der Waals surface area contributed by atoms with Gasteiger partial charge in [0.2, 0.25) is 5.91 Å². The molecule has 4 rings (SSSR count). The maximum Gasteiger partial charge on any atom is 0.329 e. The average molecular weight is 351 g/mol. The third-order valence-electron chi connectivity index (χ3n) is 4.01. The molecule has 7 nitrogen and oxygen atoms in total. The minimum absolute atomic E-state index is 0.00303. The van der Waals surface area contributed by atoms with Crippen LogP contribution in [0.1, 0.15) is 5.82 Å². The number of aromatic nitrogens is 3. The minimum Gasteiger partial charge on any atom is -0.285 e. The number of carbonyl (C=O) groups is 2. The number of aryl methyl sites for hydroxylation is 1. The van der Waals surface area contributed by atoms with Crippen LogP contribution in [0.3, 0.4) is 0 Å². The summed E-state index contributed by atoms with van der Waals surface area (Å²) in [5.74, 6) is 0.529. The van der Waals surface area contributed by atoms with Crippen LogP contribution < -0.4 is 10.2 Å². The molecule has 0 spiro atoms. The van der Waals surface area contributed by atoms with E-state index in [0.29, 0.717) is 23.0 Å². The first-order valence-electron chi connectivity index (χ1n) is 7.92. The lowest BCUT2D eigenvalue weighted by molar-refractivity contribution is -0.117. The normalized spacial score (nSPS) is 14.0. The molecule has 0 bridgehead atoms. The Kier molecular flexibility index (Phi) is 3.72. The van der Waals surface area contributed by atoms with E-state index in [-0.39, 0.29) is 18.3 Å². The number of benzene rings is 2. The zero-order chi connectivity index (χ0) is 18.3. The molecule has 1 saturated heterocycles. The molecule has 1 aliphatic rings. The molecule has 0 aliphatic carbocycles. The summed E-state index contributed by atoms with van der Waals surface area (Å²) in [4.78, 5) is 28.9. The van der Waals surface area contributed by atoms with E-state index < -0.39 is 6.03 Å². The number of amides is 3. The molecule has 3 amide bonds. The number of hydrogen-bond acceptors (Lipinski definition) is 4. The molecule has 2 aromatic carbocycles. The van der Waals surface area contributed by atoms with Crippen LogP contribution in [0, 0.1) is 12.7 Å². The Balaban J connectivity index is 1.69. The molecule has 8 heteroatoms. The fraction of sp³-hybridized carbons (Fsp3) is 0.111. The van der Waals surface area contributed by atoms with Crippen LogP contribution in [0.4, 0.5) is 14.9 Å². The lowest BCUT2D eigenvalue weighted by Gasteiger charge is -2.13. The number of carbonyl (C=O) groups excluding carboxylic acids is 2. The third-order valence-corrected chi connectivity index (χ3v) is 4.01. The Morgan fingerprint density at radius 3 is 2.27 bits per heavy atom. The number of nitrogens with zero attached hydrogens (tertiary/aromatic N) is 4. The Morgan fingerprint density at radius 2 is 1.65 bits per heavy atom. The van der Waals surface area contributed by atoms with Gasteiger partial charge in [0.1, 0.15) is 18.2 Å². The molecule has 0 saturated carbocycles. The van der Waals surface area contributed by atoms with E-state index >= 15 is 0 Å². The van der Waals surface area contributed by atoms with Gasteiger partial charge in [0, 0.05) is 11.3 Å². The van der Waals surface area contributed by atoms with Crippen molar-refractivity contribution in [2.45, 2.75) is 6.92 Å². The van der Waals surface area contributed by atoms with Crippen LogP contribution >= 0.6 is 0 Å². The van der Waals surface area contributed by atoms with E-state index in [1.807, 2.05) is 0 Å². The van der Waals surface area contributed by atoms with Crippen LogP contribution in [0.25, 0.3) is 17.1 Å². The second-order valence-electron chi connectivity index (χ2n) is 5.86. The van der Waals surface area contributed by atoms with Crippen molar-refractivity contribution in [3.05, 3.63) is 60.2 Å². The summed E-state index contributed by atoms with van der Waals surface area (Å²) in [6, 6.07) is 12.6. The maximum atomic E-state index is 13.2. The largest absolute Gasteiger partial charge is 0.329 e. The smallest absolute Gasteiger partial charge is 0.285 e. The first-order valence-corrected chi connectivity index (χ1v) is 7.92. The summed E-state index contributed by atoms with van der Waals surface area (Å²) < 4.78 is 14.8. The van der Waals surface area contributed by atoms with Crippen LogP contribution in [-0.2, 0) is 4.79 Å². The fourth-order valence-electron chi connectivity index (χ4n) is 2.80.